The molecule has 2 heteroatoms. The van der Waals surface area contributed by atoms with Gasteiger partial charge in [0.15, 0.2) is 5.78 Å². The molecule has 2 aromatic carbocycles. The van der Waals surface area contributed by atoms with Gasteiger partial charge in [0, 0.05) is 21.9 Å². The molecule has 102 valence electrons. The fourth-order valence-corrected chi connectivity index (χ4v) is 2.79. The van der Waals surface area contributed by atoms with Gasteiger partial charge in [-0.1, -0.05) is 71.4 Å². The van der Waals surface area contributed by atoms with Crippen molar-refractivity contribution < 1.29 is 4.79 Å². The molecule has 0 unspecified atom stereocenters. The number of allylic oxidation sites excluding steroid dienone is 1. The van der Waals surface area contributed by atoms with E-state index in [0.29, 0.717) is 0 Å². The van der Waals surface area contributed by atoms with Gasteiger partial charge in [-0.2, -0.15) is 0 Å². The van der Waals surface area contributed by atoms with Crippen LogP contribution < -0.4 is 0 Å². The van der Waals surface area contributed by atoms with Crippen molar-refractivity contribution in [2.45, 2.75) is 12.8 Å². The van der Waals surface area contributed by atoms with Gasteiger partial charge >= 0.3 is 0 Å². The fourth-order valence-electron chi connectivity index (χ4n) is 2.37. The van der Waals surface area contributed by atoms with Crippen molar-refractivity contribution in [3.8, 4) is 0 Å². The van der Waals surface area contributed by atoms with Crippen molar-refractivity contribution in [1.82, 2.24) is 0 Å². The zero-order valence-electron chi connectivity index (χ0n) is 11.4. The van der Waals surface area contributed by atoms with Gasteiger partial charge in [0.05, 0.1) is 0 Å². The number of hydrogen-bond donors (Lipinski definition) is 0. The van der Waals surface area contributed by atoms with Crippen molar-refractivity contribution in [3.05, 3.63) is 82.9 Å². The highest BCUT2D eigenvalue weighted by Gasteiger charge is 2.24. The van der Waals surface area contributed by atoms with Crippen LogP contribution in [0, 0.1) is 5.92 Å². The monoisotopic (exact) mass is 328 g/mol. The molecule has 2 atom stereocenters. The third-order valence-corrected chi connectivity index (χ3v) is 3.99. The summed E-state index contributed by atoms with van der Waals surface area (Å²) >= 11 is 3.47. The topological polar surface area (TPSA) is 17.1 Å². The van der Waals surface area contributed by atoms with Crippen molar-refractivity contribution >= 4 is 21.7 Å². The Labute approximate surface area is 128 Å². The molecule has 0 spiro atoms. The van der Waals surface area contributed by atoms with Gasteiger partial charge in [-0.15, -0.1) is 6.58 Å². The van der Waals surface area contributed by atoms with Crippen molar-refractivity contribution in [2.24, 2.45) is 5.92 Å². The summed E-state index contributed by atoms with van der Waals surface area (Å²) in [5.41, 5.74) is 1.85. The first-order valence-corrected chi connectivity index (χ1v) is 7.40. The second kappa shape index (κ2) is 6.67. The highest BCUT2D eigenvalue weighted by Crippen LogP contribution is 2.30. The SMILES string of the molecule is C=C[C@H](c1cccc(Br)c1)[C@H](C)C(=O)c1ccccc1. The predicted octanol–water partition coefficient (Wildman–Crippen LogP) is 5.24. The van der Waals surface area contributed by atoms with Crippen molar-refractivity contribution in [3.63, 3.8) is 0 Å². The van der Waals surface area contributed by atoms with Gasteiger partial charge in [0.1, 0.15) is 0 Å². The quantitative estimate of drug-likeness (QED) is 0.542. The van der Waals surface area contributed by atoms with Crippen LogP contribution in [0.25, 0.3) is 0 Å². The lowest BCUT2D eigenvalue weighted by molar-refractivity contribution is 0.0921. The molecule has 0 saturated heterocycles. The summed E-state index contributed by atoms with van der Waals surface area (Å²) in [6.45, 7) is 5.86. The molecule has 0 saturated carbocycles. The Morgan fingerprint density at radius 2 is 1.85 bits per heavy atom. The zero-order valence-corrected chi connectivity index (χ0v) is 13.0. The molecule has 0 aliphatic carbocycles. The Hall–Kier alpha value is -1.67. The van der Waals surface area contributed by atoms with Crippen LogP contribution in [0.1, 0.15) is 28.8 Å². The van der Waals surface area contributed by atoms with E-state index >= 15 is 0 Å². The third kappa shape index (κ3) is 3.26. The Morgan fingerprint density at radius 3 is 2.45 bits per heavy atom. The molecule has 2 aromatic rings. The van der Waals surface area contributed by atoms with E-state index < -0.39 is 0 Å². The van der Waals surface area contributed by atoms with Crippen LogP contribution in [0.4, 0.5) is 0 Å². The number of hydrogen-bond acceptors (Lipinski definition) is 1. The first kappa shape index (κ1) is 14.7. The molecular formula is C18H17BrO. The number of carbonyl (C=O) groups is 1. The molecule has 0 aliphatic rings. The van der Waals surface area contributed by atoms with Crippen LogP contribution in [-0.2, 0) is 0 Å². The highest BCUT2D eigenvalue weighted by molar-refractivity contribution is 9.10. The van der Waals surface area contributed by atoms with E-state index in [1.54, 1.807) is 0 Å². The second-order valence-corrected chi connectivity index (χ2v) is 5.75. The van der Waals surface area contributed by atoms with E-state index in [1.165, 1.54) is 0 Å². The number of benzene rings is 2. The maximum Gasteiger partial charge on any atom is 0.166 e. The van der Waals surface area contributed by atoms with Gasteiger partial charge in [0.25, 0.3) is 0 Å². The first-order chi connectivity index (χ1) is 9.63. The Morgan fingerprint density at radius 1 is 1.15 bits per heavy atom. The third-order valence-electron chi connectivity index (χ3n) is 3.50. The summed E-state index contributed by atoms with van der Waals surface area (Å²) in [5, 5.41) is 0. The molecule has 0 N–H and O–H groups in total. The first-order valence-electron chi connectivity index (χ1n) is 6.60. The summed E-state index contributed by atoms with van der Waals surface area (Å²) in [7, 11) is 0. The number of Topliss-reactive ketones (excluding diaryl/α,β-unsaturated/α-hetero) is 1. The Kier molecular flexibility index (Phi) is 4.91. The van der Waals surface area contributed by atoms with Crippen molar-refractivity contribution in [1.29, 1.82) is 0 Å². The molecule has 0 aromatic heterocycles. The molecule has 0 heterocycles. The second-order valence-electron chi connectivity index (χ2n) is 4.84. The fraction of sp³-hybridized carbons (Fsp3) is 0.167. The van der Waals surface area contributed by atoms with Crippen LogP contribution in [0.5, 0.6) is 0 Å². The molecule has 20 heavy (non-hydrogen) atoms. The average molecular weight is 329 g/mol. The Balaban J connectivity index is 2.28. The van der Waals surface area contributed by atoms with E-state index in [2.05, 4.69) is 22.5 Å². The van der Waals surface area contributed by atoms with Gasteiger partial charge in [-0.05, 0) is 17.7 Å². The maximum atomic E-state index is 12.5. The lowest BCUT2D eigenvalue weighted by Crippen LogP contribution is -2.18. The van der Waals surface area contributed by atoms with E-state index in [-0.39, 0.29) is 17.6 Å². The largest absolute Gasteiger partial charge is 0.294 e. The minimum absolute atomic E-state index is 0.0141. The van der Waals surface area contributed by atoms with E-state index in [9.17, 15) is 4.79 Å². The van der Waals surface area contributed by atoms with E-state index in [4.69, 9.17) is 0 Å². The minimum atomic E-state index is -0.135. The highest BCUT2D eigenvalue weighted by atomic mass is 79.9. The number of halogens is 1. The molecular weight excluding hydrogens is 312 g/mol. The van der Waals surface area contributed by atoms with E-state index in [1.807, 2.05) is 67.6 Å². The molecule has 0 fully saturated rings. The molecule has 0 radical (unpaired) electrons. The molecule has 0 bridgehead atoms. The van der Waals surface area contributed by atoms with Gasteiger partial charge < -0.3 is 0 Å². The molecule has 1 nitrogen and oxygen atoms in total. The van der Waals surface area contributed by atoms with Crippen LogP contribution in [-0.4, -0.2) is 5.78 Å². The van der Waals surface area contributed by atoms with Gasteiger partial charge in [-0.3, -0.25) is 4.79 Å². The summed E-state index contributed by atoms with van der Waals surface area (Å²) in [5.74, 6) is 0.0277. The standard InChI is InChI=1S/C18H17BrO/c1-3-17(15-10-7-11-16(19)12-15)13(2)18(20)14-8-5-4-6-9-14/h3-13,17H,1H2,2H3/t13-,17-/m0/s1. The summed E-state index contributed by atoms with van der Waals surface area (Å²) in [6.07, 6.45) is 1.85. The van der Waals surface area contributed by atoms with Gasteiger partial charge in [0.2, 0.25) is 0 Å². The van der Waals surface area contributed by atoms with E-state index in [0.717, 1.165) is 15.6 Å². The van der Waals surface area contributed by atoms with Crippen molar-refractivity contribution in [2.75, 3.05) is 0 Å². The molecule has 0 amide bonds. The molecule has 2 rings (SSSR count). The normalized spacial score (nSPS) is 13.5. The lowest BCUT2D eigenvalue weighted by atomic mass is 9.82. The maximum absolute atomic E-state index is 12.5. The zero-order chi connectivity index (χ0) is 14.5. The number of carbonyl (C=O) groups excluding carboxylic acids is 1. The van der Waals surface area contributed by atoms with Crippen LogP contribution >= 0.6 is 15.9 Å². The smallest absolute Gasteiger partial charge is 0.166 e. The van der Waals surface area contributed by atoms with Gasteiger partial charge in [-0.25, -0.2) is 0 Å². The van der Waals surface area contributed by atoms with Crippen LogP contribution in [0.15, 0.2) is 71.7 Å². The summed E-state index contributed by atoms with van der Waals surface area (Å²) in [4.78, 5) is 12.5. The number of rotatable bonds is 5. The predicted molar refractivity (Wildman–Crippen MR) is 87.0 cm³/mol. The molecule has 0 aliphatic heterocycles. The summed E-state index contributed by atoms with van der Waals surface area (Å²) < 4.78 is 1.02. The average Bonchev–Trinajstić information content (AvgIpc) is 2.48. The minimum Gasteiger partial charge on any atom is -0.294 e. The summed E-state index contributed by atoms with van der Waals surface area (Å²) in [6, 6.07) is 17.5. The number of ketones is 1. The Bertz CT molecular complexity index is 604. The van der Waals surface area contributed by atoms with Crippen LogP contribution in [0.2, 0.25) is 0 Å². The lowest BCUT2D eigenvalue weighted by Gasteiger charge is -2.20. The van der Waals surface area contributed by atoms with Crippen LogP contribution in [0.3, 0.4) is 0 Å².